The number of rotatable bonds is 7. The Morgan fingerprint density at radius 3 is 2.56 bits per heavy atom. The third-order valence-corrected chi connectivity index (χ3v) is 7.59. The smallest absolute Gasteiger partial charge is 0.235 e. The highest BCUT2D eigenvalue weighted by atomic mass is 19.1. The van der Waals surface area contributed by atoms with Crippen LogP contribution in [0.2, 0.25) is 0 Å². The van der Waals surface area contributed by atoms with Gasteiger partial charge in [0.2, 0.25) is 5.91 Å². The third kappa shape index (κ3) is 3.76. The van der Waals surface area contributed by atoms with E-state index in [1.54, 1.807) is 6.07 Å². The van der Waals surface area contributed by atoms with Crippen molar-refractivity contribution < 1.29 is 43.4 Å². The quantitative estimate of drug-likeness (QED) is 0.201. The van der Waals surface area contributed by atoms with Crippen LogP contribution in [0.1, 0.15) is 27.9 Å². The maximum atomic E-state index is 13.7. The first-order chi connectivity index (χ1) is 17.0. The molecule has 0 heterocycles. The number of hydroxylamine groups is 1. The van der Waals surface area contributed by atoms with Crippen molar-refractivity contribution in [1.82, 2.24) is 10.4 Å². The van der Waals surface area contributed by atoms with Gasteiger partial charge in [0.15, 0.2) is 34.7 Å². The van der Waals surface area contributed by atoms with E-state index >= 15 is 0 Å². The Labute approximate surface area is 205 Å². The number of Topliss-reactive ketones (excluding diaryl/α,β-unsaturated/α-hetero) is 4. The maximum absolute atomic E-state index is 13.7. The molecule has 6 atom stereocenters. The Morgan fingerprint density at radius 1 is 1.25 bits per heavy atom. The number of carbonyl (C=O) groups is 5. The Bertz CT molecular complexity index is 1150. The monoisotopic (exact) mass is 505 g/mol. The average molecular weight is 505 g/mol. The fourth-order valence-electron chi connectivity index (χ4n) is 6.07. The zero-order chi connectivity index (χ0) is 26.5. The van der Waals surface area contributed by atoms with Crippen molar-refractivity contribution in [3.8, 4) is 5.75 Å². The normalized spacial score (nSPS) is 31.8. The summed E-state index contributed by atoms with van der Waals surface area (Å²) in [6, 6.07) is 1.69. The lowest BCUT2D eigenvalue weighted by Gasteiger charge is -2.52. The number of likely N-dealkylation sites (N-methyl/N-ethyl adjacent to an activating group) is 1. The van der Waals surface area contributed by atoms with Crippen LogP contribution in [-0.4, -0.2) is 83.2 Å². The zero-order valence-corrected chi connectivity index (χ0v) is 19.8. The molecule has 11 nitrogen and oxygen atoms in total. The van der Waals surface area contributed by atoms with E-state index in [9.17, 15) is 38.6 Å². The van der Waals surface area contributed by atoms with E-state index in [2.05, 4.69) is 5.48 Å². The third-order valence-electron chi connectivity index (χ3n) is 7.59. The molecular weight excluding hydrogens is 477 g/mol. The Balaban J connectivity index is 1.78. The standard InChI is InChI=1S/C24H28FN3O8/c1-28(2)18-13-8-11-7-12-10(9-27-36-6-5-25)3-4-14(29)16(12)19(30)15(11)21(32)24(13,35)22(33)17(20(18)31)23(26)34/h3-4,11,13,15,17-18,27,29,35H,5-9H2,1-2H3,(H2,26,34)/t11-,13-,15?,17?,18+,24-/m0/s1. The number of primary amides is 1. The number of fused-ring (bicyclic) bond motifs is 3. The SMILES string of the molecule is CN(C)[C@H]1C(=O)C(C(N)=O)C(=O)[C@@]2(O)C(=O)C3C(=O)c4c(O)ccc(CNOCCF)c4C[C@H]3C[C@@H]12. The molecule has 2 fully saturated rings. The summed E-state index contributed by atoms with van der Waals surface area (Å²) in [5.74, 6) is -10.9. The van der Waals surface area contributed by atoms with Gasteiger partial charge in [0.25, 0.3) is 0 Å². The molecule has 0 radical (unpaired) electrons. The molecule has 2 saturated carbocycles. The molecule has 0 bridgehead atoms. The van der Waals surface area contributed by atoms with Gasteiger partial charge in [0.1, 0.15) is 12.4 Å². The van der Waals surface area contributed by atoms with Crippen molar-refractivity contribution >= 4 is 29.0 Å². The summed E-state index contributed by atoms with van der Waals surface area (Å²) in [5.41, 5.74) is 6.06. The largest absolute Gasteiger partial charge is 0.507 e. The van der Waals surface area contributed by atoms with E-state index in [1.807, 2.05) is 0 Å². The molecule has 0 saturated heterocycles. The Morgan fingerprint density at radius 2 is 1.94 bits per heavy atom. The first-order valence-corrected chi connectivity index (χ1v) is 11.6. The fraction of sp³-hybridized carbons (Fsp3) is 0.542. The predicted octanol–water partition coefficient (Wildman–Crippen LogP) is -1.14. The number of hydrogen-bond donors (Lipinski definition) is 4. The predicted molar refractivity (Wildman–Crippen MR) is 120 cm³/mol. The number of amides is 1. The van der Waals surface area contributed by atoms with Crippen LogP contribution in [0, 0.1) is 23.7 Å². The van der Waals surface area contributed by atoms with Gasteiger partial charge in [0.05, 0.1) is 24.1 Å². The molecule has 3 aliphatic carbocycles. The number of phenols is 1. The number of aliphatic hydroxyl groups is 1. The van der Waals surface area contributed by atoms with Gasteiger partial charge in [-0.2, -0.15) is 5.48 Å². The minimum absolute atomic E-state index is 0.0369. The van der Waals surface area contributed by atoms with Crippen LogP contribution in [0.3, 0.4) is 0 Å². The van der Waals surface area contributed by atoms with Crippen LogP contribution in [-0.2, 0) is 37.0 Å². The van der Waals surface area contributed by atoms with E-state index in [1.165, 1.54) is 25.1 Å². The second-order valence-electron chi connectivity index (χ2n) is 9.75. The number of nitrogens with zero attached hydrogens (tertiary/aromatic N) is 1. The van der Waals surface area contributed by atoms with Gasteiger partial charge in [-0.05, 0) is 50.0 Å². The van der Waals surface area contributed by atoms with E-state index in [0.29, 0.717) is 11.1 Å². The lowest BCUT2D eigenvalue weighted by atomic mass is 9.52. The highest BCUT2D eigenvalue weighted by Crippen LogP contribution is 2.50. The second-order valence-corrected chi connectivity index (χ2v) is 9.75. The Kier molecular flexibility index (Phi) is 6.82. The van der Waals surface area contributed by atoms with Crippen molar-refractivity contribution in [2.24, 2.45) is 29.4 Å². The molecule has 2 unspecified atom stereocenters. The van der Waals surface area contributed by atoms with Crippen LogP contribution in [0.25, 0.3) is 0 Å². The van der Waals surface area contributed by atoms with E-state index in [-0.39, 0.29) is 37.3 Å². The first kappa shape index (κ1) is 26.0. The molecule has 12 heteroatoms. The second kappa shape index (κ2) is 9.43. The van der Waals surface area contributed by atoms with Crippen LogP contribution in [0.15, 0.2) is 12.1 Å². The molecular formula is C24H28FN3O8. The molecule has 194 valence electrons. The van der Waals surface area contributed by atoms with Gasteiger partial charge in [-0.25, -0.2) is 4.39 Å². The molecule has 3 aliphatic rings. The number of phenolic OH excluding ortho intramolecular Hbond substituents is 1. The number of nitrogens with one attached hydrogen (secondary N) is 1. The van der Waals surface area contributed by atoms with Crippen molar-refractivity contribution in [3.63, 3.8) is 0 Å². The summed E-state index contributed by atoms with van der Waals surface area (Å²) in [6.07, 6.45) is 0.102. The molecule has 0 aromatic heterocycles. The number of aromatic hydroxyl groups is 1. The van der Waals surface area contributed by atoms with Crippen molar-refractivity contribution in [3.05, 3.63) is 28.8 Å². The summed E-state index contributed by atoms with van der Waals surface area (Å²) >= 11 is 0. The maximum Gasteiger partial charge on any atom is 0.235 e. The summed E-state index contributed by atoms with van der Waals surface area (Å²) in [5, 5.41) is 22.0. The van der Waals surface area contributed by atoms with E-state index in [4.69, 9.17) is 10.6 Å². The molecule has 0 spiro atoms. The number of halogens is 1. The molecule has 36 heavy (non-hydrogen) atoms. The van der Waals surface area contributed by atoms with Gasteiger partial charge in [-0.3, -0.25) is 33.7 Å². The molecule has 0 aliphatic heterocycles. The van der Waals surface area contributed by atoms with E-state index < -0.39 is 71.0 Å². The summed E-state index contributed by atoms with van der Waals surface area (Å²) < 4.78 is 12.3. The van der Waals surface area contributed by atoms with Crippen LogP contribution < -0.4 is 11.2 Å². The summed E-state index contributed by atoms with van der Waals surface area (Å²) in [4.78, 5) is 71.9. The Hall–Kier alpha value is -3.06. The highest BCUT2D eigenvalue weighted by Gasteiger charge is 2.69. The summed E-state index contributed by atoms with van der Waals surface area (Å²) in [7, 11) is 3.04. The zero-order valence-electron chi connectivity index (χ0n) is 19.8. The average Bonchev–Trinajstić information content (AvgIpc) is 2.80. The van der Waals surface area contributed by atoms with Crippen molar-refractivity contribution in [2.45, 2.75) is 31.0 Å². The summed E-state index contributed by atoms with van der Waals surface area (Å²) in [6.45, 7) is -0.790. The fourth-order valence-corrected chi connectivity index (χ4v) is 6.07. The van der Waals surface area contributed by atoms with Crippen LogP contribution >= 0.6 is 0 Å². The number of benzene rings is 1. The van der Waals surface area contributed by atoms with Crippen molar-refractivity contribution in [1.29, 1.82) is 0 Å². The van der Waals surface area contributed by atoms with E-state index in [0.717, 1.165) is 0 Å². The number of alkyl halides is 1. The lowest BCUT2D eigenvalue weighted by Crippen LogP contribution is -2.74. The van der Waals surface area contributed by atoms with Crippen LogP contribution in [0.4, 0.5) is 4.39 Å². The minimum atomic E-state index is -2.76. The lowest BCUT2D eigenvalue weighted by molar-refractivity contribution is -0.181. The van der Waals surface area contributed by atoms with Gasteiger partial charge in [-0.1, -0.05) is 6.07 Å². The number of ketones is 4. The number of nitrogens with two attached hydrogens (primary N) is 1. The van der Waals surface area contributed by atoms with Gasteiger partial charge < -0.3 is 15.9 Å². The van der Waals surface area contributed by atoms with Crippen molar-refractivity contribution in [2.75, 3.05) is 27.4 Å². The topological polar surface area (TPSA) is 176 Å². The van der Waals surface area contributed by atoms with Crippen LogP contribution in [0.5, 0.6) is 5.75 Å². The van der Waals surface area contributed by atoms with Gasteiger partial charge in [0, 0.05) is 12.5 Å². The molecule has 1 aromatic carbocycles. The first-order valence-electron chi connectivity index (χ1n) is 11.6. The number of carbonyl (C=O) groups excluding carboxylic acids is 5. The molecule has 1 aromatic rings. The van der Waals surface area contributed by atoms with Gasteiger partial charge in [-0.15, -0.1) is 0 Å². The minimum Gasteiger partial charge on any atom is -0.507 e. The number of hydrogen-bond acceptors (Lipinski definition) is 10. The molecule has 5 N–H and O–H groups in total. The molecule has 4 rings (SSSR count). The molecule has 1 amide bonds. The van der Waals surface area contributed by atoms with Gasteiger partial charge >= 0.3 is 0 Å². The highest BCUT2D eigenvalue weighted by molar-refractivity contribution is 6.32.